The maximum absolute atomic E-state index is 5.45. The van der Waals surface area contributed by atoms with Gasteiger partial charge in [-0.2, -0.15) is 0 Å². The van der Waals surface area contributed by atoms with Gasteiger partial charge in [0.1, 0.15) is 5.75 Å². The van der Waals surface area contributed by atoms with Gasteiger partial charge in [-0.25, -0.2) is 0 Å². The van der Waals surface area contributed by atoms with Crippen LogP contribution in [-0.2, 0) is 0 Å². The number of methoxy groups -OCH3 is 1. The Bertz CT molecular complexity index is 527. The minimum Gasteiger partial charge on any atom is -0.496 e. The molecule has 0 radical (unpaired) electrons. The van der Waals surface area contributed by atoms with E-state index in [9.17, 15) is 0 Å². The molecule has 0 amide bonds. The molecule has 2 aromatic rings. The van der Waals surface area contributed by atoms with Crippen molar-refractivity contribution in [3.63, 3.8) is 0 Å². The van der Waals surface area contributed by atoms with Crippen molar-refractivity contribution in [1.29, 1.82) is 0 Å². The van der Waals surface area contributed by atoms with Crippen molar-refractivity contribution in [3.8, 4) is 5.75 Å². The third kappa shape index (κ3) is 2.67. The normalized spacial score (nSPS) is 12.2. The van der Waals surface area contributed by atoms with E-state index in [1.165, 1.54) is 9.13 Å². The molecule has 94 valence electrons. The fraction of sp³-hybridized carbons (Fsp3) is 0.200. The van der Waals surface area contributed by atoms with Crippen molar-refractivity contribution in [2.24, 2.45) is 0 Å². The summed E-state index contributed by atoms with van der Waals surface area (Å²) in [5, 5.41) is 3.37. The van der Waals surface area contributed by atoms with E-state index in [4.69, 9.17) is 4.74 Å². The second-order valence-corrected chi connectivity index (χ2v) is 5.15. The highest BCUT2D eigenvalue weighted by atomic mass is 127. The molecule has 1 unspecified atom stereocenters. The molecule has 0 aliphatic heterocycles. The molecule has 0 heterocycles. The first-order valence-electron chi connectivity index (χ1n) is 5.82. The second-order valence-electron chi connectivity index (χ2n) is 3.99. The first kappa shape index (κ1) is 13.4. The van der Waals surface area contributed by atoms with Crippen LogP contribution in [0.15, 0.2) is 48.5 Å². The van der Waals surface area contributed by atoms with Crippen LogP contribution in [-0.4, -0.2) is 14.2 Å². The summed E-state index contributed by atoms with van der Waals surface area (Å²) in [5.74, 6) is 0.913. The minimum absolute atomic E-state index is 0.147. The summed E-state index contributed by atoms with van der Waals surface area (Å²) in [5.41, 5.74) is 2.43. The van der Waals surface area contributed by atoms with E-state index >= 15 is 0 Å². The first-order valence-corrected chi connectivity index (χ1v) is 6.90. The summed E-state index contributed by atoms with van der Waals surface area (Å²) >= 11 is 2.37. The number of benzene rings is 2. The van der Waals surface area contributed by atoms with Crippen molar-refractivity contribution < 1.29 is 4.74 Å². The Morgan fingerprint density at radius 2 is 1.61 bits per heavy atom. The predicted octanol–water partition coefficient (Wildman–Crippen LogP) is 3.61. The molecule has 2 nitrogen and oxygen atoms in total. The maximum atomic E-state index is 5.45. The molecule has 2 aromatic carbocycles. The summed E-state index contributed by atoms with van der Waals surface area (Å²) in [6.45, 7) is 0. The molecular weight excluding hydrogens is 337 g/mol. The number of para-hydroxylation sites is 1. The number of rotatable bonds is 4. The lowest BCUT2D eigenvalue weighted by atomic mass is 9.98. The topological polar surface area (TPSA) is 21.3 Å². The predicted molar refractivity (Wildman–Crippen MR) is 83.1 cm³/mol. The van der Waals surface area contributed by atoms with Crippen LogP contribution in [0, 0.1) is 3.57 Å². The summed E-state index contributed by atoms with van der Waals surface area (Å²) in [7, 11) is 3.68. The SMILES string of the molecule is CNC(c1ccccc1I)c1ccccc1OC. The Balaban J connectivity index is 2.49. The Morgan fingerprint density at radius 3 is 2.22 bits per heavy atom. The smallest absolute Gasteiger partial charge is 0.123 e. The van der Waals surface area contributed by atoms with Crippen LogP contribution in [0.1, 0.15) is 17.2 Å². The van der Waals surface area contributed by atoms with Gasteiger partial charge in [-0.15, -0.1) is 0 Å². The second kappa shape index (κ2) is 6.20. The number of hydrogen-bond acceptors (Lipinski definition) is 2. The van der Waals surface area contributed by atoms with Crippen molar-refractivity contribution in [3.05, 3.63) is 63.2 Å². The van der Waals surface area contributed by atoms with Crippen LogP contribution in [0.2, 0.25) is 0 Å². The zero-order valence-electron chi connectivity index (χ0n) is 10.5. The average Bonchev–Trinajstić information content (AvgIpc) is 2.42. The van der Waals surface area contributed by atoms with Crippen molar-refractivity contribution in [2.75, 3.05) is 14.2 Å². The summed E-state index contributed by atoms with van der Waals surface area (Å²) in [6, 6.07) is 16.7. The molecule has 18 heavy (non-hydrogen) atoms. The zero-order valence-corrected chi connectivity index (χ0v) is 12.6. The molecule has 0 spiro atoms. The van der Waals surface area contributed by atoms with E-state index in [1.54, 1.807) is 7.11 Å². The van der Waals surface area contributed by atoms with Gasteiger partial charge in [0.25, 0.3) is 0 Å². The van der Waals surface area contributed by atoms with Crippen LogP contribution in [0.3, 0.4) is 0 Å². The van der Waals surface area contributed by atoms with Crippen LogP contribution in [0.5, 0.6) is 5.75 Å². The van der Waals surface area contributed by atoms with Gasteiger partial charge in [-0.1, -0.05) is 36.4 Å². The molecule has 0 saturated carbocycles. The maximum Gasteiger partial charge on any atom is 0.123 e. The van der Waals surface area contributed by atoms with Crippen molar-refractivity contribution in [1.82, 2.24) is 5.32 Å². The summed E-state index contributed by atoms with van der Waals surface area (Å²) in [6.07, 6.45) is 0. The Hall–Kier alpha value is -1.07. The summed E-state index contributed by atoms with van der Waals surface area (Å²) < 4.78 is 6.70. The molecule has 3 heteroatoms. The molecule has 0 aliphatic carbocycles. The third-order valence-electron chi connectivity index (χ3n) is 2.95. The van der Waals surface area contributed by atoms with Gasteiger partial charge in [0.2, 0.25) is 0 Å². The standard InChI is InChI=1S/C15H16INO/c1-17-15(11-7-3-5-9-13(11)16)12-8-4-6-10-14(12)18-2/h3-10,15,17H,1-2H3. The van der Waals surface area contributed by atoms with Crippen LogP contribution in [0.4, 0.5) is 0 Å². The molecule has 0 fully saturated rings. The lowest BCUT2D eigenvalue weighted by Crippen LogP contribution is -2.19. The lowest BCUT2D eigenvalue weighted by molar-refractivity contribution is 0.405. The number of hydrogen-bond donors (Lipinski definition) is 1. The molecular formula is C15H16INO. The van der Waals surface area contributed by atoms with Gasteiger partial charge in [-0.05, 0) is 47.3 Å². The highest BCUT2D eigenvalue weighted by Crippen LogP contribution is 2.31. The number of nitrogens with one attached hydrogen (secondary N) is 1. The summed E-state index contributed by atoms with van der Waals surface area (Å²) in [4.78, 5) is 0. The van der Waals surface area contributed by atoms with Gasteiger partial charge in [0, 0.05) is 9.13 Å². The van der Waals surface area contributed by atoms with E-state index in [1.807, 2.05) is 25.2 Å². The van der Waals surface area contributed by atoms with E-state index < -0.39 is 0 Å². The molecule has 0 bridgehead atoms. The third-order valence-corrected chi connectivity index (χ3v) is 3.94. The quantitative estimate of drug-likeness (QED) is 0.848. The Morgan fingerprint density at radius 1 is 1.00 bits per heavy atom. The molecule has 1 atom stereocenters. The Labute approximate surface area is 122 Å². The molecule has 2 rings (SSSR count). The van der Waals surface area contributed by atoms with Gasteiger partial charge in [-0.3, -0.25) is 0 Å². The van der Waals surface area contributed by atoms with Crippen molar-refractivity contribution >= 4 is 22.6 Å². The fourth-order valence-electron chi connectivity index (χ4n) is 2.09. The monoisotopic (exact) mass is 353 g/mol. The van der Waals surface area contributed by atoms with Gasteiger partial charge in [0.05, 0.1) is 13.2 Å². The molecule has 0 aliphatic rings. The number of halogens is 1. The van der Waals surface area contributed by atoms with Gasteiger partial charge >= 0.3 is 0 Å². The number of ether oxygens (including phenoxy) is 1. The van der Waals surface area contributed by atoms with Crippen LogP contribution < -0.4 is 10.1 Å². The highest BCUT2D eigenvalue weighted by molar-refractivity contribution is 14.1. The van der Waals surface area contributed by atoms with Crippen LogP contribution >= 0.6 is 22.6 Å². The van der Waals surface area contributed by atoms with E-state index in [0.717, 1.165) is 11.3 Å². The lowest BCUT2D eigenvalue weighted by Gasteiger charge is -2.20. The van der Waals surface area contributed by atoms with Gasteiger partial charge in [0.15, 0.2) is 0 Å². The van der Waals surface area contributed by atoms with E-state index in [-0.39, 0.29) is 6.04 Å². The zero-order chi connectivity index (χ0) is 13.0. The molecule has 0 aromatic heterocycles. The molecule has 1 N–H and O–H groups in total. The van der Waals surface area contributed by atoms with E-state index in [0.29, 0.717) is 0 Å². The fourth-order valence-corrected chi connectivity index (χ4v) is 2.79. The van der Waals surface area contributed by atoms with E-state index in [2.05, 4.69) is 58.2 Å². The minimum atomic E-state index is 0.147. The van der Waals surface area contributed by atoms with Crippen LogP contribution in [0.25, 0.3) is 0 Å². The first-order chi connectivity index (χ1) is 8.77. The van der Waals surface area contributed by atoms with Gasteiger partial charge < -0.3 is 10.1 Å². The van der Waals surface area contributed by atoms with Crippen molar-refractivity contribution in [2.45, 2.75) is 6.04 Å². The Kier molecular flexibility index (Phi) is 4.60. The highest BCUT2D eigenvalue weighted by Gasteiger charge is 2.17. The average molecular weight is 353 g/mol. The largest absolute Gasteiger partial charge is 0.496 e. The molecule has 0 saturated heterocycles.